The van der Waals surface area contributed by atoms with Crippen molar-refractivity contribution in [1.82, 2.24) is 14.5 Å². The Balaban J connectivity index is 2.29. The Morgan fingerprint density at radius 1 is 1.33 bits per heavy atom. The molecule has 2 aromatic rings. The molecule has 0 atom stereocenters. The number of pyridine rings is 1. The molecule has 0 fully saturated rings. The highest BCUT2D eigenvalue weighted by molar-refractivity contribution is 5.25. The van der Waals surface area contributed by atoms with Gasteiger partial charge < -0.3 is 0 Å². The summed E-state index contributed by atoms with van der Waals surface area (Å²) in [7, 11) is 0. The molecule has 0 aliphatic heterocycles. The fourth-order valence-corrected chi connectivity index (χ4v) is 1.55. The zero-order chi connectivity index (χ0) is 10.7. The number of rotatable bonds is 3. The van der Waals surface area contributed by atoms with Crippen molar-refractivity contribution in [3.05, 3.63) is 42.1 Å². The molecule has 15 heavy (non-hydrogen) atoms. The van der Waals surface area contributed by atoms with Crippen LogP contribution in [0.5, 0.6) is 0 Å². The second-order valence-electron chi connectivity index (χ2n) is 3.66. The molecule has 0 radical (unpaired) electrons. The molecule has 0 saturated carbocycles. The molecule has 3 nitrogen and oxygen atoms in total. The third-order valence-electron chi connectivity index (χ3n) is 2.28. The molecule has 2 heterocycles. The van der Waals surface area contributed by atoms with Gasteiger partial charge in [0.1, 0.15) is 12.1 Å². The average Bonchev–Trinajstić information content (AvgIpc) is 2.67. The van der Waals surface area contributed by atoms with Crippen molar-refractivity contribution in [3.8, 4) is 5.82 Å². The van der Waals surface area contributed by atoms with E-state index in [2.05, 4.69) is 16.9 Å². The van der Waals surface area contributed by atoms with E-state index in [0.29, 0.717) is 0 Å². The lowest BCUT2D eigenvalue weighted by atomic mass is 10.3. The summed E-state index contributed by atoms with van der Waals surface area (Å²) in [4.78, 5) is 8.77. The summed E-state index contributed by atoms with van der Waals surface area (Å²) in [5.41, 5.74) is 2.15. The highest BCUT2D eigenvalue weighted by Gasteiger charge is 2.00. The summed E-state index contributed by atoms with van der Waals surface area (Å²) in [6, 6.07) is 5.99. The summed E-state index contributed by atoms with van der Waals surface area (Å²) in [6.07, 6.45) is 6.02. The van der Waals surface area contributed by atoms with Crippen molar-refractivity contribution in [2.75, 3.05) is 0 Å². The van der Waals surface area contributed by atoms with Crippen LogP contribution in [0.2, 0.25) is 0 Å². The van der Waals surface area contributed by atoms with E-state index < -0.39 is 0 Å². The van der Waals surface area contributed by atoms with Crippen LogP contribution in [-0.4, -0.2) is 14.5 Å². The molecule has 0 N–H and O–H groups in total. The van der Waals surface area contributed by atoms with Crippen molar-refractivity contribution in [2.24, 2.45) is 0 Å². The van der Waals surface area contributed by atoms with E-state index in [9.17, 15) is 0 Å². The van der Waals surface area contributed by atoms with Crippen LogP contribution in [-0.2, 0) is 6.42 Å². The van der Waals surface area contributed by atoms with Gasteiger partial charge in [-0.2, -0.15) is 0 Å². The van der Waals surface area contributed by atoms with Crippen LogP contribution in [0.15, 0.2) is 30.7 Å². The number of aromatic nitrogens is 3. The van der Waals surface area contributed by atoms with Crippen LogP contribution >= 0.6 is 0 Å². The number of hydrogen-bond donors (Lipinski definition) is 0. The van der Waals surface area contributed by atoms with Gasteiger partial charge in [-0.25, -0.2) is 9.97 Å². The molecule has 0 amide bonds. The Kier molecular flexibility index (Phi) is 2.81. The maximum atomic E-state index is 4.44. The van der Waals surface area contributed by atoms with E-state index >= 15 is 0 Å². The van der Waals surface area contributed by atoms with Gasteiger partial charge in [0.2, 0.25) is 0 Å². The van der Waals surface area contributed by atoms with E-state index in [4.69, 9.17) is 0 Å². The van der Waals surface area contributed by atoms with Crippen LogP contribution < -0.4 is 0 Å². The second-order valence-corrected chi connectivity index (χ2v) is 3.66. The van der Waals surface area contributed by atoms with Gasteiger partial charge in [-0.15, -0.1) is 0 Å². The minimum atomic E-state index is 0.935. The quantitative estimate of drug-likeness (QED) is 0.764. The third kappa shape index (κ3) is 2.24. The molecule has 0 aliphatic rings. The molecule has 2 rings (SSSR count). The van der Waals surface area contributed by atoms with Gasteiger partial charge in [0, 0.05) is 11.9 Å². The number of nitrogens with zero attached hydrogens (tertiary/aromatic N) is 3. The largest absolute Gasteiger partial charge is 0.290 e. The molecule has 0 bridgehead atoms. The van der Waals surface area contributed by atoms with Gasteiger partial charge in [-0.1, -0.05) is 19.4 Å². The summed E-state index contributed by atoms with van der Waals surface area (Å²) in [5, 5.41) is 0. The van der Waals surface area contributed by atoms with Crippen LogP contribution in [0.1, 0.15) is 24.7 Å². The maximum absolute atomic E-state index is 4.44. The Labute approximate surface area is 89.8 Å². The summed E-state index contributed by atoms with van der Waals surface area (Å²) >= 11 is 0. The Bertz CT molecular complexity index is 446. The molecule has 0 aromatic carbocycles. The van der Waals surface area contributed by atoms with Gasteiger partial charge in [0.05, 0.1) is 5.69 Å². The molecular weight excluding hydrogens is 186 g/mol. The number of aryl methyl sites for hydroxylation is 2. The smallest absolute Gasteiger partial charge is 0.138 e. The summed E-state index contributed by atoms with van der Waals surface area (Å²) < 4.78 is 1.97. The van der Waals surface area contributed by atoms with Gasteiger partial charge >= 0.3 is 0 Å². The van der Waals surface area contributed by atoms with Crippen molar-refractivity contribution < 1.29 is 0 Å². The Morgan fingerprint density at radius 2 is 2.20 bits per heavy atom. The average molecular weight is 201 g/mol. The predicted molar refractivity (Wildman–Crippen MR) is 60.1 cm³/mol. The van der Waals surface area contributed by atoms with Crippen LogP contribution in [0.4, 0.5) is 0 Å². The first kappa shape index (κ1) is 9.90. The first-order chi connectivity index (χ1) is 7.29. The number of imidazole rings is 1. The first-order valence-electron chi connectivity index (χ1n) is 5.26. The lowest BCUT2D eigenvalue weighted by Crippen LogP contribution is -1.95. The summed E-state index contributed by atoms with van der Waals surface area (Å²) in [5.74, 6) is 0.935. The van der Waals surface area contributed by atoms with Crippen LogP contribution in [0.3, 0.4) is 0 Å². The second kappa shape index (κ2) is 4.26. The van der Waals surface area contributed by atoms with Crippen molar-refractivity contribution in [3.63, 3.8) is 0 Å². The van der Waals surface area contributed by atoms with E-state index in [1.807, 2.05) is 42.2 Å². The third-order valence-corrected chi connectivity index (χ3v) is 2.28. The van der Waals surface area contributed by atoms with E-state index in [-0.39, 0.29) is 0 Å². The fraction of sp³-hybridized carbons (Fsp3) is 0.333. The normalized spacial score (nSPS) is 10.5. The van der Waals surface area contributed by atoms with Crippen LogP contribution in [0.25, 0.3) is 5.82 Å². The van der Waals surface area contributed by atoms with Gasteiger partial charge in [0.15, 0.2) is 0 Å². The molecule has 78 valence electrons. The molecule has 0 unspecified atom stereocenters. The van der Waals surface area contributed by atoms with Crippen molar-refractivity contribution >= 4 is 0 Å². The van der Waals surface area contributed by atoms with Crippen molar-refractivity contribution in [2.45, 2.75) is 26.7 Å². The van der Waals surface area contributed by atoms with Gasteiger partial charge in [-0.05, 0) is 25.5 Å². The number of hydrogen-bond acceptors (Lipinski definition) is 2. The Hall–Kier alpha value is -1.64. The first-order valence-corrected chi connectivity index (χ1v) is 5.26. The zero-order valence-corrected chi connectivity index (χ0v) is 9.14. The van der Waals surface area contributed by atoms with E-state index in [1.54, 1.807) is 0 Å². The van der Waals surface area contributed by atoms with Gasteiger partial charge in [-0.3, -0.25) is 4.57 Å². The minimum absolute atomic E-state index is 0.935. The molecule has 0 saturated heterocycles. The standard InChI is InChI=1S/C12H15N3/c1-3-5-11-8-15(9-13-11)12-7-4-6-10(2)14-12/h4,6-9H,3,5H2,1-2H3. The monoisotopic (exact) mass is 201 g/mol. The lowest BCUT2D eigenvalue weighted by Gasteiger charge is -2.00. The topological polar surface area (TPSA) is 30.7 Å². The predicted octanol–water partition coefficient (Wildman–Crippen LogP) is 2.53. The minimum Gasteiger partial charge on any atom is -0.290 e. The van der Waals surface area contributed by atoms with Crippen molar-refractivity contribution in [1.29, 1.82) is 0 Å². The molecular formula is C12H15N3. The fourth-order valence-electron chi connectivity index (χ4n) is 1.55. The SMILES string of the molecule is CCCc1cn(-c2cccc(C)n2)cn1. The molecule has 2 aromatic heterocycles. The molecule has 3 heteroatoms. The van der Waals surface area contributed by atoms with E-state index in [1.165, 1.54) is 0 Å². The van der Waals surface area contributed by atoms with E-state index in [0.717, 1.165) is 30.0 Å². The molecule has 0 aliphatic carbocycles. The van der Waals surface area contributed by atoms with Gasteiger partial charge in [0.25, 0.3) is 0 Å². The summed E-state index contributed by atoms with van der Waals surface area (Å²) in [6.45, 7) is 4.15. The highest BCUT2D eigenvalue weighted by atomic mass is 15.1. The Morgan fingerprint density at radius 3 is 2.93 bits per heavy atom. The maximum Gasteiger partial charge on any atom is 0.138 e. The molecule has 0 spiro atoms. The lowest BCUT2D eigenvalue weighted by molar-refractivity contribution is 0.890. The highest BCUT2D eigenvalue weighted by Crippen LogP contribution is 2.07. The zero-order valence-electron chi connectivity index (χ0n) is 9.14. The van der Waals surface area contributed by atoms with Crippen LogP contribution in [0, 0.1) is 6.92 Å².